The number of aliphatic hydroxyl groups is 2. The zero-order valence-electron chi connectivity index (χ0n) is 9.88. The van der Waals surface area contributed by atoms with Crippen molar-refractivity contribution < 1.29 is 10.2 Å². The van der Waals surface area contributed by atoms with Gasteiger partial charge in [0.2, 0.25) is 0 Å². The summed E-state index contributed by atoms with van der Waals surface area (Å²) >= 11 is 0. The van der Waals surface area contributed by atoms with E-state index in [2.05, 4.69) is 26.8 Å². The van der Waals surface area contributed by atoms with Gasteiger partial charge in [0, 0.05) is 6.61 Å². The van der Waals surface area contributed by atoms with Gasteiger partial charge in [-0.3, -0.25) is 0 Å². The molecule has 0 aliphatic carbocycles. The van der Waals surface area contributed by atoms with Crippen LogP contribution in [0.3, 0.4) is 0 Å². The molecule has 2 heteroatoms. The second-order valence-corrected chi connectivity index (χ2v) is 3.37. The van der Waals surface area contributed by atoms with Crippen molar-refractivity contribution in [3.8, 4) is 0 Å². The lowest BCUT2D eigenvalue weighted by atomic mass is 10.1. The Kier molecular flexibility index (Phi) is 14.0. The molecule has 0 heterocycles. The molecule has 0 unspecified atom stereocenters. The third kappa shape index (κ3) is 17.5. The summed E-state index contributed by atoms with van der Waals surface area (Å²) in [5.41, 5.74) is 2.63. The van der Waals surface area contributed by atoms with Crippen LogP contribution < -0.4 is 0 Å². The molecule has 0 saturated carbocycles. The van der Waals surface area contributed by atoms with Crippen LogP contribution in [-0.4, -0.2) is 23.4 Å². The third-order valence-corrected chi connectivity index (χ3v) is 1.53. The molecule has 0 amide bonds. The maximum Gasteiger partial charge on any atom is 0.0614 e. The minimum absolute atomic E-state index is 0.167. The smallest absolute Gasteiger partial charge is 0.0614 e. The summed E-state index contributed by atoms with van der Waals surface area (Å²) in [5, 5.41) is 16.1. The van der Waals surface area contributed by atoms with Crippen LogP contribution in [0.5, 0.6) is 0 Å². The highest BCUT2D eigenvalue weighted by Crippen LogP contribution is 2.05. The van der Waals surface area contributed by atoms with Crippen LogP contribution in [-0.2, 0) is 0 Å². The van der Waals surface area contributed by atoms with Crippen molar-refractivity contribution >= 4 is 0 Å². The second-order valence-electron chi connectivity index (χ2n) is 3.37. The highest BCUT2D eigenvalue weighted by Gasteiger charge is 1.86. The first-order valence-corrected chi connectivity index (χ1v) is 5.09. The average molecular weight is 200 g/mol. The van der Waals surface area contributed by atoms with Gasteiger partial charge in [0.05, 0.1) is 6.61 Å². The number of allylic oxidation sites excluding steroid dienone is 3. The Morgan fingerprint density at radius 1 is 1.07 bits per heavy atom. The number of rotatable bonds is 4. The molecule has 0 aliphatic heterocycles. The van der Waals surface area contributed by atoms with Gasteiger partial charge in [0.1, 0.15) is 0 Å². The Bertz CT molecular complexity index is 165. The summed E-state index contributed by atoms with van der Waals surface area (Å²) in [6.07, 6.45) is 6.23. The Morgan fingerprint density at radius 2 is 1.57 bits per heavy atom. The topological polar surface area (TPSA) is 40.5 Å². The molecule has 0 aliphatic rings. The number of aliphatic hydroxyl groups excluding tert-OH is 2. The van der Waals surface area contributed by atoms with E-state index < -0.39 is 0 Å². The SMILES string of the molecule is CC(C)=CCCC(C)=CCO.CCO. The largest absolute Gasteiger partial charge is 0.397 e. The lowest BCUT2D eigenvalue weighted by Crippen LogP contribution is -1.80. The van der Waals surface area contributed by atoms with E-state index in [1.165, 1.54) is 11.1 Å². The van der Waals surface area contributed by atoms with Gasteiger partial charge in [0.15, 0.2) is 0 Å². The monoisotopic (exact) mass is 200 g/mol. The van der Waals surface area contributed by atoms with Gasteiger partial charge in [0.25, 0.3) is 0 Å². The molecule has 14 heavy (non-hydrogen) atoms. The highest BCUT2D eigenvalue weighted by atomic mass is 16.3. The molecule has 0 spiro atoms. The fraction of sp³-hybridized carbons (Fsp3) is 0.667. The minimum atomic E-state index is 0.167. The van der Waals surface area contributed by atoms with E-state index in [0.717, 1.165) is 12.8 Å². The maximum absolute atomic E-state index is 8.55. The molecule has 0 rings (SSSR count). The van der Waals surface area contributed by atoms with Gasteiger partial charge in [-0.2, -0.15) is 0 Å². The van der Waals surface area contributed by atoms with Gasteiger partial charge < -0.3 is 10.2 Å². The summed E-state index contributed by atoms with van der Waals surface area (Å²) < 4.78 is 0. The van der Waals surface area contributed by atoms with Crippen molar-refractivity contribution in [2.45, 2.75) is 40.5 Å². The van der Waals surface area contributed by atoms with E-state index in [9.17, 15) is 0 Å². The second kappa shape index (κ2) is 12.4. The highest BCUT2D eigenvalue weighted by molar-refractivity contribution is 5.01. The molecular weight excluding hydrogens is 176 g/mol. The minimum Gasteiger partial charge on any atom is -0.397 e. The van der Waals surface area contributed by atoms with Crippen LogP contribution in [0.1, 0.15) is 40.5 Å². The molecule has 0 atom stereocenters. The maximum atomic E-state index is 8.55. The van der Waals surface area contributed by atoms with Crippen LogP contribution in [0.4, 0.5) is 0 Å². The van der Waals surface area contributed by atoms with Gasteiger partial charge in [-0.25, -0.2) is 0 Å². The van der Waals surface area contributed by atoms with Gasteiger partial charge in [-0.15, -0.1) is 0 Å². The zero-order chi connectivity index (χ0) is 11.4. The molecule has 0 saturated heterocycles. The van der Waals surface area contributed by atoms with Crippen LogP contribution in [0.15, 0.2) is 23.3 Å². The molecule has 0 aromatic carbocycles. The van der Waals surface area contributed by atoms with Crippen LogP contribution in [0, 0.1) is 0 Å². The van der Waals surface area contributed by atoms with Crippen molar-refractivity contribution in [1.82, 2.24) is 0 Å². The quantitative estimate of drug-likeness (QED) is 0.685. The van der Waals surface area contributed by atoms with Crippen LogP contribution in [0.2, 0.25) is 0 Å². The van der Waals surface area contributed by atoms with E-state index in [4.69, 9.17) is 10.2 Å². The predicted octanol–water partition coefficient (Wildman–Crippen LogP) is 2.67. The summed E-state index contributed by atoms with van der Waals surface area (Å²) in [4.78, 5) is 0. The first-order chi connectivity index (χ1) is 6.58. The van der Waals surface area contributed by atoms with Crippen LogP contribution >= 0.6 is 0 Å². The van der Waals surface area contributed by atoms with Crippen molar-refractivity contribution in [2.24, 2.45) is 0 Å². The molecule has 0 aromatic rings. The lowest BCUT2D eigenvalue weighted by Gasteiger charge is -1.96. The van der Waals surface area contributed by atoms with Crippen molar-refractivity contribution in [3.63, 3.8) is 0 Å². The van der Waals surface area contributed by atoms with E-state index in [-0.39, 0.29) is 13.2 Å². The van der Waals surface area contributed by atoms with Crippen molar-refractivity contribution in [3.05, 3.63) is 23.3 Å². The first-order valence-electron chi connectivity index (χ1n) is 5.09. The number of hydrogen-bond donors (Lipinski definition) is 2. The molecule has 0 fully saturated rings. The Hall–Kier alpha value is -0.600. The van der Waals surface area contributed by atoms with Gasteiger partial charge in [-0.05, 0) is 40.5 Å². The summed E-state index contributed by atoms with van der Waals surface area (Å²) in [6, 6.07) is 0. The average Bonchev–Trinajstić information content (AvgIpc) is 2.05. The zero-order valence-corrected chi connectivity index (χ0v) is 9.88. The van der Waals surface area contributed by atoms with E-state index in [1.54, 1.807) is 6.92 Å². The molecule has 2 N–H and O–H groups in total. The fourth-order valence-corrected chi connectivity index (χ4v) is 0.846. The summed E-state index contributed by atoms with van der Waals surface area (Å²) in [5.74, 6) is 0. The molecule has 0 radical (unpaired) electrons. The van der Waals surface area contributed by atoms with Crippen molar-refractivity contribution in [2.75, 3.05) is 13.2 Å². The van der Waals surface area contributed by atoms with E-state index >= 15 is 0 Å². The normalized spacial score (nSPS) is 10.3. The molecule has 2 nitrogen and oxygen atoms in total. The lowest BCUT2D eigenvalue weighted by molar-refractivity contribution is 0.318. The Labute approximate surface area is 88.0 Å². The summed E-state index contributed by atoms with van der Waals surface area (Å²) in [6.45, 7) is 8.35. The van der Waals surface area contributed by atoms with Gasteiger partial charge in [-0.1, -0.05) is 23.3 Å². The van der Waals surface area contributed by atoms with Crippen LogP contribution in [0.25, 0.3) is 0 Å². The van der Waals surface area contributed by atoms with E-state index in [1.807, 2.05) is 6.08 Å². The molecule has 0 bridgehead atoms. The first kappa shape index (κ1) is 15.9. The standard InChI is InChI=1S/C10H18O.C2H6O/c1-9(2)5-4-6-10(3)7-8-11;1-2-3/h5,7,11H,4,6,8H2,1-3H3;3H,2H2,1H3. The fourth-order valence-electron chi connectivity index (χ4n) is 0.846. The van der Waals surface area contributed by atoms with Gasteiger partial charge >= 0.3 is 0 Å². The third-order valence-electron chi connectivity index (χ3n) is 1.53. The van der Waals surface area contributed by atoms with Crippen molar-refractivity contribution in [1.29, 1.82) is 0 Å². The van der Waals surface area contributed by atoms with E-state index in [0.29, 0.717) is 0 Å². The molecule has 84 valence electrons. The Morgan fingerprint density at radius 3 is 1.93 bits per heavy atom. The molecule has 0 aromatic heterocycles. The Balaban J connectivity index is 0. The molecular formula is C12H24O2. The summed E-state index contributed by atoms with van der Waals surface area (Å²) in [7, 11) is 0. The predicted molar refractivity (Wildman–Crippen MR) is 62.3 cm³/mol. The number of hydrogen-bond acceptors (Lipinski definition) is 2.